The Morgan fingerprint density at radius 3 is 1.51 bits per heavy atom. The Kier molecular flexibility index (Phi) is 6.74. The molecule has 0 fully saturated rings. The van der Waals surface area contributed by atoms with Crippen molar-refractivity contribution < 1.29 is 0 Å². The molecule has 0 spiro atoms. The van der Waals surface area contributed by atoms with E-state index in [2.05, 4.69) is 189 Å². The van der Waals surface area contributed by atoms with Gasteiger partial charge in [-0.25, -0.2) is 0 Å². The smallest absolute Gasteiger partial charge is 0.0465 e. The summed E-state index contributed by atoms with van der Waals surface area (Å²) in [5.74, 6) is 0. The van der Waals surface area contributed by atoms with Gasteiger partial charge in [-0.3, -0.25) is 0 Å². The van der Waals surface area contributed by atoms with Crippen molar-refractivity contribution in [2.24, 2.45) is 0 Å². The van der Waals surface area contributed by atoms with E-state index in [0.717, 1.165) is 0 Å². The van der Waals surface area contributed by atoms with Gasteiger partial charge in [0.25, 0.3) is 0 Å². The average Bonchev–Trinajstić information content (AvgIpc) is 3.42. The Bertz CT molecular complexity index is 2210. The van der Waals surface area contributed by atoms with Gasteiger partial charge in [0, 0.05) is 27.9 Å². The number of nitrogens with zero attached hydrogens (tertiary/aromatic N) is 1. The van der Waals surface area contributed by atoms with Gasteiger partial charge in [-0.15, -0.1) is 0 Å². The van der Waals surface area contributed by atoms with E-state index in [-0.39, 0.29) is 21.7 Å². The normalized spacial score (nSPS) is 15.5. The van der Waals surface area contributed by atoms with Crippen LogP contribution in [-0.4, -0.2) is 0 Å². The van der Waals surface area contributed by atoms with Crippen LogP contribution in [0.3, 0.4) is 0 Å². The number of rotatable bonds is 3. The molecule has 0 aromatic heterocycles. The largest absolute Gasteiger partial charge is 0.310 e. The third-order valence-corrected chi connectivity index (χ3v) is 11.6. The molecule has 0 saturated carbocycles. The van der Waals surface area contributed by atoms with Gasteiger partial charge in [0.15, 0.2) is 0 Å². The van der Waals surface area contributed by atoms with Crippen LogP contribution in [0.25, 0.3) is 33.0 Å². The van der Waals surface area contributed by atoms with E-state index in [9.17, 15) is 0 Å². The van der Waals surface area contributed by atoms with Crippen molar-refractivity contribution >= 4 is 27.8 Å². The molecule has 6 aromatic rings. The predicted molar refractivity (Wildman–Crippen MR) is 211 cm³/mol. The summed E-state index contributed by atoms with van der Waals surface area (Å²) in [6.45, 7) is 23.3. The molecular formula is C48H49N. The lowest BCUT2D eigenvalue weighted by Crippen LogP contribution is -2.18. The maximum absolute atomic E-state index is 2.54. The lowest BCUT2D eigenvalue weighted by molar-refractivity contribution is 0.590. The van der Waals surface area contributed by atoms with E-state index in [0.29, 0.717) is 0 Å². The standard InChI is InChI=1S/C48H49N/c1-45(2,3)31-16-20-33(21-17-31)49(34-22-18-32(19-23-34)46(4,5)6)35-24-25-37-38-28-43-39(29-42(38)48(9,10)41(37)27-35)44-36-14-12-11-13-30(36)15-26-40(44)47(43,7)8/h11-29H,1-10H3. The second-order valence-electron chi connectivity index (χ2n) is 17.6. The Morgan fingerprint density at radius 1 is 0.429 bits per heavy atom. The summed E-state index contributed by atoms with van der Waals surface area (Å²) < 4.78 is 0. The topological polar surface area (TPSA) is 3.24 Å². The van der Waals surface area contributed by atoms with Gasteiger partial charge < -0.3 is 4.90 Å². The number of anilines is 3. The second-order valence-corrected chi connectivity index (χ2v) is 17.6. The number of benzene rings is 6. The third-order valence-electron chi connectivity index (χ3n) is 11.6. The molecule has 0 N–H and O–H groups in total. The average molecular weight is 640 g/mol. The van der Waals surface area contributed by atoms with Crippen LogP contribution in [0.5, 0.6) is 0 Å². The highest BCUT2D eigenvalue weighted by atomic mass is 15.1. The minimum absolute atomic E-state index is 0.0637. The maximum atomic E-state index is 2.54. The molecule has 49 heavy (non-hydrogen) atoms. The molecule has 1 heteroatoms. The Balaban J connectivity index is 1.28. The lowest BCUT2D eigenvalue weighted by atomic mass is 9.79. The maximum Gasteiger partial charge on any atom is 0.0465 e. The van der Waals surface area contributed by atoms with Crippen molar-refractivity contribution in [2.75, 3.05) is 4.90 Å². The highest BCUT2D eigenvalue weighted by Crippen LogP contribution is 2.58. The van der Waals surface area contributed by atoms with Gasteiger partial charge in [-0.1, -0.05) is 136 Å². The van der Waals surface area contributed by atoms with Crippen molar-refractivity contribution in [1.29, 1.82) is 0 Å². The number of hydrogen-bond donors (Lipinski definition) is 0. The summed E-state index contributed by atoms with van der Waals surface area (Å²) >= 11 is 0. The van der Waals surface area contributed by atoms with E-state index < -0.39 is 0 Å². The molecule has 0 unspecified atom stereocenters. The Labute approximate surface area is 293 Å². The van der Waals surface area contributed by atoms with E-state index in [4.69, 9.17) is 0 Å². The van der Waals surface area contributed by atoms with Crippen molar-refractivity contribution in [3.63, 3.8) is 0 Å². The first kappa shape index (κ1) is 31.6. The van der Waals surface area contributed by atoms with Crippen LogP contribution in [0.1, 0.15) is 103 Å². The van der Waals surface area contributed by atoms with Crippen LogP contribution in [0.15, 0.2) is 115 Å². The molecule has 0 radical (unpaired) electrons. The molecule has 2 aliphatic rings. The summed E-state index contributed by atoms with van der Waals surface area (Å²) in [6.07, 6.45) is 0. The Morgan fingerprint density at radius 2 is 0.918 bits per heavy atom. The van der Waals surface area contributed by atoms with E-state index in [1.807, 2.05) is 0 Å². The van der Waals surface area contributed by atoms with Crippen LogP contribution in [0.2, 0.25) is 0 Å². The molecule has 0 atom stereocenters. The fourth-order valence-electron chi connectivity index (χ4n) is 8.53. The van der Waals surface area contributed by atoms with Gasteiger partial charge >= 0.3 is 0 Å². The van der Waals surface area contributed by atoms with Crippen LogP contribution >= 0.6 is 0 Å². The number of hydrogen-bond acceptors (Lipinski definition) is 1. The van der Waals surface area contributed by atoms with Crippen LogP contribution in [0.4, 0.5) is 17.1 Å². The summed E-state index contributed by atoms with van der Waals surface area (Å²) in [5.41, 5.74) is 17.4. The zero-order valence-electron chi connectivity index (χ0n) is 30.9. The summed E-state index contributed by atoms with van der Waals surface area (Å²) in [4.78, 5) is 2.43. The van der Waals surface area contributed by atoms with Gasteiger partial charge in [-0.2, -0.15) is 0 Å². The molecule has 246 valence electrons. The zero-order chi connectivity index (χ0) is 34.7. The van der Waals surface area contributed by atoms with Crippen molar-refractivity contribution in [2.45, 2.75) is 90.9 Å². The molecule has 0 saturated heterocycles. The molecule has 0 bridgehead atoms. The summed E-state index contributed by atoms with van der Waals surface area (Å²) in [6, 6.07) is 44.1. The molecule has 0 amide bonds. The first-order valence-corrected chi connectivity index (χ1v) is 17.9. The van der Waals surface area contributed by atoms with Crippen molar-refractivity contribution in [3.8, 4) is 22.3 Å². The minimum Gasteiger partial charge on any atom is -0.310 e. The van der Waals surface area contributed by atoms with Gasteiger partial charge in [0.2, 0.25) is 0 Å². The molecule has 0 aliphatic heterocycles. The molecular weight excluding hydrogens is 591 g/mol. The fourth-order valence-corrected chi connectivity index (χ4v) is 8.53. The van der Waals surface area contributed by atoms with Crippen LogP contribution in [-0.2, 0) is 21.7 Å². The first-order valence-electron chi connectivity index (χ1n) is 17.9. The molecule has 1 nitrogen and oxygen atoms in total. The molecule has 6 aromatic carbocycles. The van der Waals surface area contributed by atoms with Gasteiger partial charge in [0.1, 0.15) is 0 Å². The lowest BCUT2D eigenvalue weighted by Gasteiger charge is -2.29. The molecule has 0 heterocycles. The highest BCUT2D eigenvalue weighted by Gasteiger charge is 2.42. The van der Waals surface area contributed by atoms with E-state index in [1.54, 1.807) is 0 Å². The Hall–Kier alpha value is -4.62. The van der Waals surface area contributed by atoms with E-state index >= 15 is 0 Å². The third kappa shape index (κ3) is 4.80. The van der Waals surface area contributed by atoms with Crippen molar-refractivity contribution in [3.05, 3.63) is 149 Å². The number of fused-ring (bicyclic) bond motifs is 8. The minimum atomic E-state index is -0.148. The zero-order valence-corrected chi connectivity index (χ0v) is 30.9. The molecule has 2 aliphatic carbocycles. The highest BCUT2D eigenvalue weighted by molar-refractivity contribution is 6.03. The molecule has 8 rings (SSSR count). The van der Waals surface area contributed by atoms with E-state index in [1.165, 1.54) is 83.5 Å². The van der Waals surface area contributed by atoms with Gasteiger partial charge in [0.05, 0.1) is 0 Å². The van der Waals surface area contributed by atoms with Gasteiger partial charge in [-0.05, 0) is 126 Å². The fraction of sp³-hybridized carbons (Fsp3) is 0.292. The monoisotopic (exact) mass is 639 g/mol. The SMILES string of the molecule is CC(C)(C)c1ccc(N(c2ccc(C(C)(C)C)cc2)c2ccc3c(c2)C(C)(C)c2cc4c(cc2-3)C(C)(C)c2ccc3ccccc3c2-4)cc1. The quantitative estimate of drug-likeness (QED) is 0.186. The second kappa shape index (κ2) is 10.4. The summed E-state index contributed by atoms with van der Waals surface area (Å²) in [5, 5.41) is 2.66. The van der Waals surface area contributed by atoms with Crippen LogP contribution < -0.4 is 4.90 Å². The first-order chi connectivity index (χ1) is 23.1. The van der Waals surface area contributed by atoms with Crippen LogP contribution in [0, 0.1) is 0 Å². The summed E-state index contributed by atoms with van der Waals surface area (Å²) in [7, 11) is 0. The van der Waals surface area contributed by atoms with Crippen molar-refractivity contribution in [1.82, 2.24) is 0 Å². The predicted octanol–water partition coefficient (Wildman–Crippen LogP) is 13.5.